The van der Waals surface area contributed by atoms with Crippen LogP contribution in [0, 0.1) is 35.7 Å². The third-order valence-electron chi connectivity index (χ3n) is 6.40. The Morgan fingerprint density at radius 3 is 2.84 bits per heavy atom. The Hall–Kier alpha value is -3.36. The lowest BCUT2D eigenvalue weighted by Crippen LogP contribution is -2.61. The van der Waals surface area contributed by atoms with Crippen LogP contribution in [0.1, 0.15) is 23.0 Å². The number of halogens is 1. The summed E-state index contributed by atoms with van der Waals surface area (Å²) in [4.78, 5) is 15.0. The second-order valence-electron chi connectivity index (χ2n) is 8.16. The topological polar surface area (TPSA) is 117 Å². The largest absolute Gasteiger partial charge is 0.478 e. The number of aromatic carboxylic acids is 1. The van der Waals surface area contributed by atoms with E-state index in [9.17, 15) is 15.2 Å². The molecule has 0 radical (unpaired) electrons. The van der Waals surface area contributed by atoms with Crippen LogP contribution in [0.4, 0.5) is 0 Å². The van der Waals surface area contributed by atoms with Crippen molar-refractivity contribution in [2.75, 3.05) is 0 Å². The van der Waals surface area contributed by atoms with Crippen molar-refractivity contribution < 1.29 is 14.3 Å². The van der Waals surface area contributed by atoms with Gasteiger partial charge in [-0.1, -0.05) is 25.1 Å². The van der Waals surface area contributed by atoms with Crippen molar-refractivity contribution in [3.63, 3.8) is 0 Å². The van der Waals surface area contributed by atoms with E-state index >= 15 is 0 Å². The zero-order valence-corrected chi connectivity index (χ0v) is 18.0. The van der Waals surface area contributed by atoms with Gasteiger partial charge in [0.1, 0.15) is 17.7 Å². The number of fused-ring (bicyclic) bond motifs is 1. The first-order valence-electron chi connectivity index (χ1n) is 10.1. The summed E-state index contributed by atoms with van der Waals surface area (Å²) in [5.41, 5.74) is 8.27. The second-order valence-corrected chi connectivity index (χ2v) is 8.56. The van der Waals surface area contributed by atoms with Crippen LogP contribution in [-0.2, 0) is 0 Å². The van der Waals surface area contributed by atoms with Crippen molar-refractivity contribution in [1.29, 1.82) is 5.26 Å². The van der Waals surface area contributed by atoms with Crippen LogP contribution in [0.25, 0.3) is 22.2 Å². The Balaban J connectivity index is 1.73. The van der Waals surface area contributed by atoms with Gasteiger partial charge in [-0.2, -0.15) is 5.26 Å². The standard InChI is InChI=1S/C24H21ClN4O3/c1-11-15(20-12(2)21(28-3)23(27)29-22(20)17(11)10-26)9-14-5-7-19(32-14)16-8-13(24(30)31)4-6-18(16)25/h4-9,12,17,20-23,29H,1,27H2,2H3,(H,30,31). The zero-order valence-electron chi connectivity index (χ0n) is 17.2. The molecule has 7 nitrogen and oxygen atoms in total. The fourth-order valence-electron chi connectivity index (χ4n) is 4.80. The van der Waals surface area contributed by atoms with Gasteiger partial charge in [0.15, 0.2) is 0 Å². The van der Waals surface area contributed by atoms with Crippen molar-refractivity contribution in [3.8, 4) is 17.4 Å². The van der Waals surface area contributed by atoms with E-state index in [0.717, 1.165) is 5.57 Å². The summed E-state index contributed by atoms with van der Waals surface area (Å²) in [7, 11) is 0. The maximum atomic E-state index is 11.3. The molecule has 0 spiro atoms. The fourth-order valence-corrected chi connectivity index (χ4v) is 5.01. The van der Waals surface area contributed by atoms with Gasteiger partial charge in [-0.15, -0.1) is 0 Å². The molecule has 6 atom stereocenters. The van der Waals surface area contributed by atoms with Crippen molar-refractivity contribution in [2.24, 2.45) is 23.5 Å². The average molecular weight is 449 g/mol. The number of nitriles is 1. The zero-order chi connectivity index (χ0) is 23.2. The molecule has 32 heavy (non-hydrogen) atoms. The number of carbonyl (C=O) groups is 1. The van der Waals surface area contributed by atoms with Gasteiger partial charge in [-0.05, 0) is 47.6 Å². The average Bonchev–Trinajstić information content (AvgIpc) is 3.31. The van der Waals surface area contributed by atoms with Gasteiger partial charge < -0.3 is 20.1 Å². The van der Waals surface area contributed by atoms with E-state index in [-0.39, 0.29) is 23.4 Å². The smallest absolute Gasteiger partial charge is 0.335 e. The van der Waals surface area contributed by atoms with E-state index in [1.165, 1.54) is 18.2 Å². The number of benzene rings is 1. The van der Waals surface area contributed by atoms with Crippen molar-refractivity contribution in [2.45, 2.75) is 25.2 Å². The van der Waals surface area contributed by atoms with Gasteiger partial charge >= 0.3 is 5.97 Å². The first-order chi connectivity index (χ1) is 15.3. The Morgan fingerprint density at radius 1 is 1.44 bits per heavy atom. The highest BCUT2D eigenvalue weighted by Crippen LogP contribution is 2.48. The molecule has 1 aliphatic heterocycles. The van der Waals surface area contributed by atoms with Crippen LogP contribution >= 0.6 is 11.6 Å². The van der Waals surface area contributed by atoms with E-state index in [2.05, 4.69) is 22.8 Å². The first-order valence-corrected chi connectivity index (χ1v) is 10.5. The minimum atomic E-state index is -1.06. The molecule has 1 saturated heterocycles. The Kier molecular flexibility index (Phi) is 5.66. The molecule has 2 fully saturated rings. The predicted molar refractivity (Wildman–Crippen MR) is 120 cm³/mol. The lowest BCUT2D eigenvalue weighted by Gasteiger charge is -2.37. The monoisotopic (exact) mass is 448 g/mol. The SMILES string of the molecule is [C-]#[N+]C1C(N)NC2C(C#N)C(=C)C(=Cc3ccc(-c4cc(C(=O)O)ccc4Cl)o3)C2C1C. The number of hydrogen-bond donors (Lipinski definition) is 3. The molecule has 2 heterocycles. The lowest BCUT2D eigenvalue weighted by molar-refractivity contribution is 0.0697. The van der Waals surface area contributed by atoms with Crippen LogP contribution in [0.5, 0.6) is 0 Å². The van der Waals surface area contributed by atoms with Gasteiger partial charge in [-0.25, -0.2) is 11.4 Å². The van der Waals surface area contributed by atoms with E-state index in [1.54, 1.807) is 12.1 Å². The number of carboxylic acids is 1. The van der Waals surface area contributed by atoms with Crippen LogP contribution in [-0.4, -0.2) is 29.3 Å². The molecule has 4 N–H and O–H groups in total. The van der Waals surface area contributed by atoms with Gasteiger partial charge in [-0.3, -0.25) is 5.32 Å². The molecular formula is C24H21ClN4O3. The summed E-state index contributed by atoms with van der Waals surface area (Å²) in [5, 5.41) is 22.6. The highest BCUT2D eigenvalue weighted by molar-refractivity contribution is 6.33. The third kappa shape index (κ3) is 3.51. The van der Waals surface area contributed by atoms with Crippen LogP contribution in [0.15, 0.2) is 52.5 Å². The highest BCUT2D eigenvalue weighted by atomic mass is 35.5. The number of piperidine rings is 1. The minimum Gasteiger partial charge on any atom is -0.478 e. The summed E-state index contributed by atoms with van der Waals surface area (Å²) in [6.07, 6.45) is 1.33. The lowest BCUT2D eigenvalue weighted by atomic mass is 9.76. The van der Waals surface area contributed by atoms with Crippen LogP contribution in [0.3, 0.4) is 0 Å². The minimum absolute atomic E-state index is 0.0776. The van der Waals surface area contributed by atoms with E-state index in [1.807, 2.05) is 13.0 Å². The number of nitrogens with two attached hydrogens (primary N) is 1. The molecule has 2 aliphatic rings. The predicted octanol–water partition coefficient (Wildman–Crippen LogP) is 4.19. The van der Waals surface area contributed by atoms with Gasteiger partial charge in [0.25, 0.3) is 6.04 Å². The molecule has 0 amide bonds. The summed E-state index contributed by atoms with van der Waals surface area (Å²) < 4.78 is 5.97. The number of hydrogen-bond acceptors (Lipinski definition) is 5. The number of carboxylic acid groups (broad SMARTS) is 1. The number of rotatable bonds is 3. The molecule has 1 aliphatic carbocycles. The first kappa shape index (κ1) is 21.9. The highest BCUT2D eigenvalue weighted by Gasteiger charge is 2.54. The molecular weight excluding hydrogens is 428 g/mol. The van der Waals surface area contributed by atoms with Gasteiger partial charge in [0.05, 0.1) is 22.6 Å². The third-order valence-corrected chi connectivity index (χ3v) is 6.73. The molecule has 4 rings (SSSR count). The summed E-state index contributed by atoms with van der Waals surface area (Å²) in [6, 6.07) is 9.56. The number of furan rings is 1. The van der Waals surface area contributed by atoms with E-state index in [0.29, 0.717) is 27.7 Å². The molecule has 1 saturated carbocycles. The normalized spacial score (nSPS) is 30.5. The van der Waals surface area contributed by atoms with Crippen molar-refractivity contribution in [3.05, 3.63) is 75.8 Å². The van der Waals surface area contributed by atoms with E-state index < -0.39 is 24.1 Å². The van der Waals surface area contributed by atoms with Crippen molar-refractivity contribution in [1.82, 2.24) is 5.32 Å². The maximum Gasteiger partial charge on any atom is 0.335 e. The Labute approximate surface area is 190 Å². The number of nitrogens with zero attached hydrogens (tertiary/aromatic N) is 2. The molecule has 1 aromatic carbocycles. The van der Waals surface area contributed by atoms with Gasteiger partial charge in [0.2, 0.25) is 0 Å². The Morgan fingerprint density at radius 2 is 2.19 bits per heavy atom. The quantitative estimate of drug-likeness (QED) is 0.606. The molecule has 8 heteroatoms. The molecule has 6 unspecified atom stereocenters. The van der Waals surface area contributed by atoms with Gasteiger partial charge in [0, 0.05) is 23.4 Å². The van der Waals surface area contributed by atoms with E-state index in [4.69, 9.17) is 28.3 Å². The number of nitrogens with one attached hydrogen (secondary N) is 1. The fraction of sp³-hybridized carbons (Fsp3) is 0.292. The summed E-state index contributed by atoms with van der Waals surface area (Å²) >= 11 is 6.27. The van der Waals surface area contributed by atoms with Crippen LogP contribution < -0.4 is 11.1 Å². The maximum absolute atomic E-state index is 11.3. The van der Waals surface area contributed by atoms with Crippen LogP contribution in [0.2, 0.25) is 5.02 Å². The Bertz CT molecular complexity index is 1220. The molecule has 162 valence electrons. The molecule has 2 aromatic rings. The second kappa shape index (κ2) is 8.29. The summed E-state index contributed by atoms with van der Waals surface area (Å²) in [5.74, 6) is -0.754. The summed E-state index contributed by atoms with van der Waals surface area (Å²) in [6.45, 7) is 13.7. The van der Waals surface area contributed by atoms with Crippen molar-refractivity contribution >= 4 is 23.6 Å². The molecule has 1 aromatic heterocycles. The molecule has 0 bridgehead atoms.